The van der Waals surface area contributed by atoms with E-state index < -0.39 is 12.0 Å². The molecule has 1 N–H and O–H groups in total. The number of hydrogen-bond acceptors (Lipinski definition) is 3. The summed E-state index contributed by atoms with van der Waals surface area (Å²) in [7, 11) is 0. The van der Waals surface area contributed by atoms with Gasteiger partial charge in [0.1, 0.15) is 6.04 Å². The van der Waals surface area contributed by atoms with Gasteiger partial charge in [-0.1, -0.05) is 0 Å². The molecule has 4 nitrogen and oxygen atoms in total. The Labute approximate surface area is 104 Å². The normalized spacial score (nSPS) is 20.3. The lowest BCUT2D eigenvalue weighted by atomic mass is 10.0. The Morgan fingerprint density at radius 1 is 1.47 bits per heavy atom. The van der Waals surface area contributed by atoms with E-state index in [4.69, 9.17) is 5.11 Å². The highest BCUT2D eigenvalue weighted by Crippen LogP contribution is 2.24. The van der Waals surface area contributed by atoms with Crippen LogP contribution in [0, 0.1) is 6.92 Å². The van der Waals surface area contributed by atoms with Crippen LogP contribution < -0.4 is 0 Å². The first-order valence-electron chi connectivity index (χ1n) is 5.69. The van der Waals surface area contributed by atoms with Gasteiger partial charge in [-0.15, -0.1) is 11.3 Å². The minimum Gasteiger partial charge on any atom is -0.480 e. The summed E-state index contributed by atoms with van der Waals surface area (Å²) in [6.45, 7) is 2.43. The Bertz CT molecular complexity index is 441. The van der Waals surface area contributed by atoms with Gasteiger partial charge in [0, 0.05) is 6.54 Å². The number of rotatable bonds is 2. The lowest BCUT2D eigenvalue weighted by molar-refractivity contribution is -0.143. The second kappa shape index (κ2) is 4.87. The summed E-state index contributed by atoms with van der Waals surface area (Å²) in [5, 5.41) is 11.0. The first-order valence-corrected chi connectivity index (χ1v) is 6.57. The highest BCUT2D eigenvalue weighted by molar-refractivity contribution is 7.12. The number of carbonyl (C=O) groups excluding carboxylic acids is 1. The van der Waals surface area contributed by atoms with Crippen molar-refractivity contribution in [2.45, 2.75) is 32.2 Å². The zero-order chi connectivity index (χ0) is 12.4. The Balaban J connectivity index is 2.23. The molecule has 17 heavy (non-hydrogen) atoms. The van der Waals surface area contributed by atoms with Gasteiger partial charge in [0.2, 0.25) is 0 Å². The third-order valence-electron chi connectivity index (χ3n) is 3.11. The van der Waals surface area contributed by atoms with Crippen LogP contribution in [-0.4, -0.2) is 34.5 Å². The summed E-state index contributed by atoms with van der Waals surface area (Å²) in [4.78, 5) is 25.6. The second-order valence-electron chi connectivity index (χ2n) is 4.28. The summed E-state index contributed by atoms with van der Waals surface area (Å²) in [5.74, 6) is -1.03. The lowest BCUT2D eigenvalue weighted by Gasteiger charge is -2.32. The van der Waals surface area contributed by atoms with Gasteiger partial charge >= 0.3 is 5.97 Å². The highest BCUT2D eigenvalue weighted by Gasteiger charge is 2.33. The van der Waals surface area contributed by atoms with E-state index in [9.17, 15) is 9.59 Å². The molecule has 1 unspecified atom stereocenters. The fraction of sp³-hybridized carbons (Fsp3) is 0.500. The van der Waals surface area contributed by atoms with E-state index in [1.165, 1.54) is 16.2 Å². The van der Waals surface area contributed by atoms with Crippen LogP contribution >= 0.6 is 11.3 Å². The molecule has 1 amide bonds. The van der Waals surface area contributed by atoms with Crippen LogP contribution in [-0.2, 0) is 4.79 Å². The van der Waals surface area contributed by atoms with Crippen molar-refractivity contribution >= 4 is 23.2 Å². The number of carboxylic acid groups (broad SMARTS) is 1. The van der Waals surface area contributed by atoms with Crippen LogP contribution in [0.1, 0.15) is 34.5 Å². The number of carbonyl (C=O) groups is 2. The van der Waals surface area contributed by atoms with E-state index in [1.807, 2.05) is 18.4 Å². The van der Waals surface area contributed by atoms with Gasteiger partial charge in [-0.05, 0) is 43.2 Å². The molecule has 0 radical (unpaired) electrons. The van der Waals surface area contributed by atoms with E-state index in [0.717, 1.165) is 18.4 Å². The molecular weight excluding hydrogens is 238 g/mol. The largest absolute Gasteiger partial charge is 0.480 e. The Morgan fingerprint density at radius 3 is 2.82 bits per heavy atom. The Kier molecular flexibility index (Phi) is 3.47. The summed E-state index contributed by atoms with van der Waals surface area (Å²) < 4.78 is 0. The van der Waals surface area contributed by atoms with Crippen molar-refractivity contribution in [3.63, 3.8) is 0 Å². The van der Waals surface area contributed by atoms with E-state index in [1.54, 1.807) is 0 Å². The summed E-state index contributed by atoms with van der Waals surface area (Å²) >= 11 is 1.38. The van der Waals surface area contributed by atoms with Crippen LogP contribution in [0.5, 0.6) is 0 Å². The molecule has 2 rings (SSSR count). The molecule has 0 bridgehead atoms. The smallest absolute Gasteiger partial charge is 0.326 e. The van der Waals surface area contributed by atoms with Crippen LogP contribution in [0.2, 0.25) is 0 Å². The first-order chi connectivity index (χ1) is 8.11. The van der Waals surface area contributed by atoms with E-state index in [-0.39, 0.29) is 5.91 Å². The maximum Gasteiger partial charge on any atom is 0.326 e. The number of amides is 1. The quantitative estimate of drug-likeness (QED) is 0.878. The van der Waals surface area contributed by atoms with Crippen molar-refractivity contribution in [1.82, 2.24) is 4.90 Å². The van der Waals surface area contributed by atoms with Crippen LogP contribution in [0.3, 0.4) is 0 Å². The lowest BCUT2D eigenvalue weighted by Crippen LogP contribution is -2.47. The van der Waals surface area contributed by atoms with Crippen LogP contribution in [0.4, 0.5) is 0 Å². The number of thiophene rings is 1. The monoisotopic (exact) mass is 253 g/mol. The zero-order valence-corrected chi connectivity index (χ0v) is 10.5. The molecule has 0 aromatic carbocycles. The van der Waals surface area contributed by atoms with E-state index in [2.05, 4.69) is 0 Å². The third kappa shape index (κ3) is 2.34. The number of piperidine rings is 1. The summed E-state index contributed by atoms with van der Waals surface area (Å²) in [6.07, 6.45) is 2.33. The molecule has 0 saturated carbocycles. The highest BCUT2D eigenvalue weighted by atomic mass is 32.1. The molecule has 0 spiro atoms. The van der Waals surface area contributed by atoms with Gasteiger partial charge in [0.05, 0.1) is 4.88 Å². The number of hydrogen-bond donors (Lipinski definition) is 1. The van der Waals surface area contributed by atoms with Gasteiger partial charge in [-0.3, -0.25) is 4.79 Å². The summed E-state index contributed by atoms with van der Waals surface area (Å²) in [6, 6.07) is 1.23. The summed E-state index contributed by atoms with van der Waals surface area (Å²) in [5.41, 5.74) is 0.926. The van der Waals surface area contributed by atoms with Crippen molar-refractivity contribution in [2.75, 3.05) is 6.54 Å². The molecule has 1 saturated heterocycles. The van der Waals surface area contributed by atoms with Gasteiger partial charge in [-0.25, -0.2) is 4.79 Å². The minimum absolute atomic E-state index is 0.135. The number of aryl methyl sites for hydroxylation is 1. The predicted octanol–water partition coefficient (Wildman–Crippen LogP) is 2.14. The molecule has 0 aliphatic carbocycles. The molecule has 1 aromatic rings. The van der Waals surface area contributed by atoms with Crippen molar-refractivity contribution in [3.05, 3.63) is 21.9 Å². The second-order valence-corrected chi connectivity index (χ2v) is 5.20. The SMILES string of the molecule is Cc1ccsc1C(=O)N1CCCCC1C(=O)O. The average molecular weight is 253 g/mol. The fourth-order valence-corrected chi connectivity index (χ4v) is 3.03. The first kappa shape index (κ1) is 12.1. The number of nitrogens with zero attached hydrogens (tertiary/aromatic N) is 1. The maximum atomic E-state index is 12.3. The maximum absolute atomic E-state index is 12.3. The average Bonchev–Trinajstić information content (AvgIpc) is 2.74. The molecular formula is C12H15NO3S. The molecule has 1 atom stereocenters. The third-order valence-corrected chi connectivity index (χ3v) is 4.11. The molecule has 2 heterocycles. The topological polar surface area (TPSA) is 57.6 Å². The van der Waals surface area contributed by atoms with Crippen molar-refractivity contribution in [1.29, 1.82) is 0 Å². The van der Waals surface area contributed by atoms with Crippen LogP contribution in [0.15, 0.2) is 11.4 Å². The number of carboxylic acids is 1. The van der Waals surface area contributed by atoms with Crippen molar-refractivity contribution in [2.24, 2.45) is 0 Å². The standard InChI is InChI=1S/C12H15NO3S/c1-8-5-7-17-10(8)11(14)13-6-3-2-4-9(13)12(15)16/h5,7,9H,2-4,6H2,1H3,(H,15,16). The van der Waals surface area contributed by atoms with Gasteiger partial charge in [0.25, 0.3) is 5.91 Å². The zero-order valence-electron chi connectivity index (χ0n) is 9.68. The molecule has 5 heteroatoms. The Morgan fingerprint density at radius 2 is 2.24 bits per heavy atom. The van der Waals surface area contributed by atoms with Crippen LogP contribution in [0.25, 0.3) is 0 Å². The molecule has 1 fully saturated rings. The fourth-order valence-electron chi connectivity index (χ4n) is 2.15. The Hall–Kier alpha value is -1.36. The van der Waals surface area contributed by atoms with Gasteiger partial charge in [0.15, 0.2) is 0 Å². The molecule has 1 aromatic heterocycles. The van der Waals surface area contributed by atoms with E-state index in [0.29, 0.717) is 17.8 Å². The van der Waals surface area contributed by atoms with E-state index >= 15 is 0 Å². The van der Waals surface area contributed by atoms with Crippen molar-refractivity contribution < 1.29 is 14.7 Å². The predicted molar refractivity (Wildman–Crippen MR) is 65.4 cm³/mol. The molecule has 92 valence electrons. The number of aliphatic carboxylic acids is 1. The van der Waals surface area contributed by atoms with Crippen molar-refractivity contribution in [3.8, 4) is 0 Å². The number of likely N-dealkylation sites (tertiary alicyclic amines) is 1. The van der Waals surface area contributed by atoms with Gasteiger partial charge in [-0.2, -0.15) is 0 Å². The van der Waals surface area contributed by atoms with Gasteiger partial charge < -0.3 is 10.0 Å². The molecule has 1 aliphatic heterocycles. The molecule has 1 aliphatic rings. The minimum atomic E-state index is -0.896.